The molecule has 1 aliphatic carbocycles. The molecule has 0 radical (unpaired) electrons. The smallest absolute Gasteiger partial charge is 0.403 e. The molecule has 2 N–H and O–H groups in total. The highest BCUT2D eigenvalue weighted by Gasteiger charge is 2.45. The second-order valence-electron chi connectivity index (χ2n) is 4.64. The van der Waals surface area contributed by atoms with E-state index in [1.165, 1.54) is 11.9 Å². The van der Waals surface area contributed by atoms with Gasteiger partial charge in [-0.05, 0) is 25.8 Å². The van der Waals surface area contributed by atoms with Gasteiger partial charge in [0.05, 0.1) is 6.10 Å². The molecule has 1 atom stereocenters. The molecule has 0 heterocycles. The minimum Gasteiger partial charge on any atom is -0.481 e. The van der Waals surface area contributed by atoms with Crippen molar-refractivity contribution in [2.75, 3.05) is 20.1 Å². The molecule has 0 saturated heterocycles. The monoisotopic (exact) mass is 255 g/mol. The number of hydrogen-bond donors (Lipinski definition) is 2. The summed E-state index contributed by atoms with van der Waals surface area (Å²) in [7, 11) is 1.46. The molecule has 1 fully saturated rings. The molecular weight excluding hydrogens is 239 g/mol. The fraction of sp³-hybridized carbons (Fsp3) is 0.900. The highest BCUT2D eigenvalue weighted by Crippen LogP contribution is 2.30. The van der Waals surface area contributed by atoms with E-state index in [0.717, 1.165) is 0 Å². The molecule has 1 unspecified atom stereocenters. The quantitative estimate of drug-likeness (QED) is 0.768. The largest absolute Gasteiger partial charge is 0.481 e. The van der Waals surface area contributed by atoms with Gasteiger partial charge in [-0.15, -0.1) is 0 Å². The summed E-state index contributed by atoms with van der Waals surface area (Å²) in [6, 6.07) is 0. The Morgan fingerprint density at radius 3 is 2.35 bits per heavy atom. The standard InChI is InChI=1S/C10H16F3NO3/c1-14(4-6-2-7(15)3-6)5-8(9(16)17)10(11,12)13/h6-8,15H,2-5H2,1H3,(H,16,17). The zero-order valence-electron chi connectivity index (χ0n) is 9.44. The van der Waals surface area contributed by atoms with Gasteiger partial charge >= 0.3 is 12.1 Å². The summed E-state index contributed by atoms with van der Waals surface area (Å²) in [5, 5.41) is 17.6. The van der Waals surface area contributed by atoms with Crippen LogP contribution in [0.2, 0.25) is 0 Å². The minimum atomic E-state index is -4.72. The Hall–Kier alpha value is -0.820. The average Bonchev–Trinajstić information content (AvgIpc) is 2.09. The van der Waals surface area contributed by atoms with Gasteiger partial charge in [0.1, 0.15) is 0 Å². The molecule has 100 valence electrons. The zero-order valence-corrected chi connectivity index (χ0v) is 9.44. The average molecular weight is 255 g/mol. The van der Waals surface area contributed by atoms with Crippen LogP contribution >= 0.6 is 0 Å². The maximum Gasteiger partial charge on any atom is 0.403 e. The number of aliphatic hydroxyl groups is 1. The molecule has 4 nitrogen and oxygen atoms in total. The van der Waals surface area contributed by atoms with Crippen molar-refractivity contribution in [3.63, 3.8) is 0 Å². The van der Waals surface area contributed by atoms with Gasteiger partial charge in [0.15, 0.2) is 5.92 Å². The van der Waals surface area contributed by atoms with E-state index in [2.05, 4.69) is 0 Å². The van der Waals surface area contributed by atoms with Crippen LogP contribution in [0.15, 0.2) is 0 Å². The topological polar surface area (TPSA) is 60.8 Å². The lowest BCUT2D eigenvalue weighted by Crippen LogP contribution is -2.43. The van der Waals surface area contributed by atoms with Crippen LogP contribution in [0.25, 0.3) is 0 Å². The van der Waals surface area contributed by atoms with Gasteiger partial charge in [-0.3, -0.25) is 4.79 Å². The van der Waals surface area contributed by atoms with Crippen molar-refractivity contribution < 1.29 is 28.2 Å². The molecule has 0 aromatic carbocycles. The van der Waals surface area contributed by atoms with Crippen molar-refractivity contribution in [2.45, 2.75) is 25.1 Å². The van der Waals surface area contributed by atoms with Crippen molar-refractivity contribution in [1.29, 1.82) is 0 Å². The summed E-state index contributed by atoms with van der Waals surface area (Å²) in [4.78, 5) is 11.9. The number of carboxylic acid groups (broad SMARTS) is 1. The van der Waals surface area contributed by atoms with E-state index in [1.807, 2.05) is 0 Å². The normalized spacial score (nSPS) is 26.7. The maximum absolute atomic E-state index is 12.4. The Morgan fingerprint density at radius 2 is 2.00 bits per heavy atom. The van der Waals surface area contributed by atoms with E-state index >= 15 is 0 Å². The van der Waals surface area contributed by atoms with Gasteiger partial charge in [-0.1, -0.05) is 0 Å². The first-order chi connectivity index (χ1) is 7.70. The van der Waals surface area contributed by atoms with Crippen LogP contribution < -0.4 is 0 Å². The van der Waals surface area contributed by atoms with Gasteiger partial charge in [0, 0.05) is 13.1 Å². The fourth-order valence-electron chi connectivity index (χ4n) is 2.00. The van der Waals surface area contributed by atoms with Gasteiger partial charge in [-0.2, -0.15) is 13.2 Å². The number of aliphatic hydroxyl groups excluding tert-OH is 1. The molecule has 1 saturated carbocycles. The Labute approximate surface area is 97.0 Å². The summed E-state index contributed by atoms with van der Waals surface area (Å²) in [5.41, 5.74) is 0. The van der Waals surface area contributed by atoms with Crippen LogP contribution in [-0.2, 0) is 4.79 Å². The van der Waals surface area contributed by atoms with E-state index in [9.17, 15) is 18.0 Å². The number of nitrogens with zero attached hydrogens (tertiary/aromatic N) is 1. The molecule has 0 aliphatic heterocycles. The van der Waals surface area contributed by atoms with Crippen molar-refractivity contribution in [3.8, 4) is 0 Å². The predicted octanol–water partition coefficient (Wildman–Crippen LogP) is 0.952. The van der Waals surface area contributed by atoms with Gasteiger partial charge in [0.2, 0.25) is 0 Å². The summed E-state index contributed by atoms with van der Waals surface area (Å²) >= 11 is 0. The van der Waals surface area contributed by atoms with E-state index in [1.54, 1.807) is 0 Å². The SMILES string of the molecule is CN(CC1CC(O)C1)CC(C(=O)O)C(F)(F)F. The van der Waals surface area contributed by atoms with E-state index < -0.39 is 24.6 Å². The first-order valence-electron chi connectivity index (χ1n) is 5.36. The molecule has 1 aliphatic rings. The molecule has 7 heteroatoms. The van der Waals surface area contributed by atoms with E-state index in [4.69, 9.17) is 10.2 Å². The summed E-state index contributed by atoms with van der Waals surface area (Å²) in [6.45, 7) is -0.164. The van der Waals surface area contributed by atoms with Crippen LogP contribution in [0.3, 0.4) is 0 Å². The Morgan fingerprint density at radius 1 is 1.47 bits per heavy atom. The number of aliphatic carboxylic acids is 1. The third-order valence-electron chi connectivity index (χ3n) is 2.97. The lowest BCUT2D eigenvalue weighted by atomic mass is 9.82. The first kappa shape index (κ1) is 14.2. The highest BCUT2D eigenvalue weighted by atomic mass is 19.4. The van der Waals surface area contributed by atoms with Crippen LogP contribution in [0, 0.1) is 11.8 Å². The molecule has 0 aromatic heterocycles. The van der Waals surface area contributed by atoms with Gasteiger partial charge in [-0.25, -0.2) is 0 Å². The number of hydrogen-bond acceptors (Lipinski definition) is 3. The van der Waals surface area contributed by atoms with Crippen LogP contribution in [0.5, 0.6) is 0 Å². The van der Waals surface area contributed by atoms with Gasteiger partial charge < -0.3 is 15.1 Å². The predicted molar refractivity (Wildman–Crippen MR) is 53.4 cm³/mol. The molecule has 0 aromatic rings. The van der Waals surface area contributed by atoms with E-state index in [-0.39, 0.29) is 12.0 Å². The van der Waals surface area contributed by atoms with Crippen LogP contribution in [0.1, 0.15) is 12.8 Å². The van der Waals surface area contributed by atoms with Crippen molar-refractivity contribution in [2.24, 2.45) is 11.8 Å². The van der Waals surface area contributed by atoms with Crippen LogP contribution in [0.4, 0.5) is 13.2 Å². The molecule has 1 rings (SSSR count). The van der Waals surface area contributed by atoms with E-state index in [0.29, 0.717) is 19.4 Å². The van der Waals surface area contributed by atoms with Gasteiger partial charge in [0.25, 0.3) is 0 Å². The zero-order chi connectivity index (χ0) is 13.2. The fourth-order valence-corrected chi connectivity index (χ4v) is 2.00. The number of halogens is 3. The number of carboxylic acids is 1. The molecule has 0 spiro atoms. The summed E-state index contributed by atoms with van der Waals surface area (Å²) in [6.07, 6.45) is -3.92. The third-order valence-corrected chi connectivity index (χ3v) is 2.97. The number of alkyl halides is 3. The second-order valence-corrected chi connectivity index (χ2v) is 4.64. The van der Waals surface area contributed by atoms with Crippen molar-refractivity contribution in [3.05, 3.63) is 0 Å². The first-order valence-corrected chi connectivity index (χ1v) is 5.36. The van der Waals surface area contributed by atoms with Crippen LogP contribution in [-0.4, -0.2) is 53.5 Å². The minimum absolute atomic E-state index is 0.165. The Balaban J connectivity index is 2.42. The Bertz CT molecular complexity index is 276. The maximum atomic E-state index is 12.4. The lowest BCUT2D eigenvalue weighted by molar-refractivity contribution is -0.196. The number of rotatable bonds is 5. The third kappa shape index (κ3) is 4.16. The molecule has 17 heavy (non-hydrogen) atoms. The Kier molecular flexibility index (Phi) is 4.37. The second kappa shape index (κ2) is 5.22. The molecule has 0 bridgehead atoms. The molecular formula is C10H16F3NO3. The number of carbonyl (C=O) groups is 1. The summed E-state index contributed by atoms with van der Waals surface area (Å²) in [5.74, 6) is -4.03. The summed E-state index contributed by atoms with van der Waals surface area (Å²) < 4.78 is 37.1. The lowest BCUT2D eigenvalue weighted by Gasteiger charge is -2.35. The highest BCUT2D eigenvalue weighted by molar-refractivity contribution is 5.71. The van der Waals surface area contributed by atoms with Crippen molar-refractivity contribution in [1.82, 2.24) is 4.90 Å². The van der Waals surface area contributed by atoms with Crippen molar-refractivity contribution >= 4 is 5.97 Å². The molecule has 0 amide bonds.